The van der Waals surface area contributed by atoms with Crippen molar-refractivity contribution in [1.82, 2.24) is 10.3 Å². The van der Waals surface area contributed by atoms with Crippen LogP contribution in [-0.2, 0) is 16.6 Å². The number of anilines is 1. The summed E-state index contributed by atoms with van der Waals surface area (Å²) in [6.45, 7) is 2.51. The van der Waals surface area contributed by atoms with E-state index < -0.39 is 10.0 Å². The Morgan fingerprint density at radius 2 is 1.81 bits per heavy atom. The van der Waals surface area contributed by atoms with Gasteiger partial charge in [-0.25, -0.2) is 8.42 Å². The molecule has 0 aliphatic carbocycles. The lowest BCUT2D eigenvalue weighted by atomic mass is 10.2. The molecular weight excluding hydrogens is 422 g/mol. The SMILES string of the molecule is CNCc1cc(S(=O)(=O)Nc2c(Br)cc(C)cc2Br)c[nH]1. The van der Waals surface area contributed by atoms with Crippen molar-refractivity contribution >= 4 is 47.6 Å². The molecule has 0 aliphatic rings. The number of aryl methyl sites for hydroxylation is 1. The average Bonchev–Trinajstić information content (AvgIpc) is 2.84. The number of halogens is 2. The van der Waals surface area contributed by atoms with Gasteiger partial charge in [0.25, 0.3) is 10.0 Å². The third-order valence-corrected chi connectivity index (χ3v) is 5.40. The van der Waals surface area contributed by atoms with Crippen molar-refractivity contribution in [2.45, 2.75) is 18.4 Å². The van der Waals surface area contributed by atoms with Crippen molar-refractivity contribution in [2.75, 3.05) is 11.8 Å². The Morgan fingerprint density at radius 3 is 2.38 bits per heavy atom. The molecule has 8 heteroatoms. The molecule has 1 aromatic carbocycles. The predicted octanol–water partition coefficient (Wildman–Crippen LogP) is 3.37. The van der Waals surface area contributed by atoms with E-state index in [4.69, 9.17) is 0 Å². The minimum atomic E-state index is -3.64. The first kappa shape index (κ1) is 16.5. The van der Waals surface area contributed by atoms with Crippen molar-refractivity contribution in [2.24, 2.45) is 0 Å². The number of benzene rings is 1. The standard InChI is InChI=1S/C13H15Br2N3O2S/c1-8-3-11(14)13(12(15)4-8)18-21(19,20)10-5-9(6-16-2)17-7-10/h3-5,7,16-18H,6H2,1-2H3. The number of aromatic amines is 1. The molecule has 114 valence electrons. The third kappa shape index (κ3) is 3.88. The van der Waals surface area contributed by atoms with Gasteiger partial charge in [-0.2, -0.15) is 0 Å². The second-order valence-corrected chi connectivity index (χ2v) is 7.99. The highest BCUT2D eigenvalue weighted by Crippen LogP contribution is 2.34. The highest BCUT2D eigenvalue weighted by atomic mass is 79.9. The Bertz CT molecular complexity index is 734. The summed E-state index contributed by atoms with van der Waals surface area (Å²) in [4.78, 5) is 3.13. The first-order valence-corrected chi connectivity index (χ1v) is 9.21. The van der Waals surface area contributed by atoms with E-state index in [0.29, 0.717) is 21.2 Å². The number of hydrogen-bond donors (Lipinski definition) is 3. The molecule has 1 aromatic heterocycles. The summed E-state index contributed by atoms with van der Waals surface area (Å²) >= 11 is 6.76. The van der Waals surface area contributed by atoms with E-state index in [-0.39, 0.29) is 4.90 Å². The third-order valence-electron chi connectivity index (χ3n) is 2.82. The first-order valence-electron chi connectivity index (χ1n) is 6.14. The number of rotatable bonds is 5. The number of nitrogens with one attached hydrogen (secondary N) is 3. The molecule has 5 nitrogen and oxygen atoms in total. The van der Waals surface area contributed by atoms with Gasteiger partial charge in [0.2, 0.25) is 0 Å². The van der Waals surface area contributed by atoms with Gasteiger partial charge in [0.05, 0.1) is 5.69 Å². The zero-order valence-corrected chi connectivity index (χ0v) is 15.5. The summed E-state index contributed by atoms with van der Waals surface area (Å²) < 4.78 is 28.8. The minimum Gasteiger partial charge on any atom is -0.363 e. The zero-order valence-electron chi connectivity index (χ0n) is 11.5. The maximum absolute atomic E-state index is 12.4. The van der Waals surface area contributed by atoms with Gasteiger partial charge in [0.15, 0.2) is 0 Å². The van der Waals surface area contributed by atoms with Crippen molar-refractivity contribution < 1.29 is 8.42 Å². The number of hydrogen-bond acceptors (Lipinski definition) is 3. The zero-order chi connectivity index (χ0) is 15.6. The van der Waals surface area contributed by atoms with Crippen LogP contribution in [0.4, 0.5) is 5.69 Å². The van der Waals surface area contributed by atoms with Gasteiger partial charge < -0.3 is 10.3 Å². The van der Waals surface area contributed by atoms with E-state index in [1.165, 1.54) is 6.20 Å². The number of H-pyrrole nitrogens is 1. The van der Waals surface area contributed by atoms with Crippen LogP contribution in [0.5, 0.6) is 0 Å². The van der Waals surface area contributed by atoms with Crippen LogP contribution in [0.2, 0.25) is 0 Å². The summed E-state index contributed by atoms with van der Waals surface area (Å²) in [7, 11) is -1.84. The molecule has 0 bridgehead atoms. The van der Waals surface area contributed by atoms with Gasteiger partial charge in [-0.1, -0.05) is 0 Å². The lowest BCUT2D eigenvalue weighted by Gasteiger charge is -2.11. The van der Waals surface area contributed by atoms with Crippen molar-refractivity contribution in [3.63, 3.8) is 0 Å². The van der Waals surface area contributed by atoms with E-state index >= 15 is 0 Å². The van der Waals surface area contributed by atoms with E-state index in [1.807, 2.05) is 19.1 Å². The maximum Gasteiger partial charge on any atom is 0.263 e. The van der Waals surface area contributed by atoms with Crippen LogP contribution >= 0.6 is 31.9 Å². The quantitative estimate of drug-likeness (QED) is 0.672. The summed E-state index contributed by atoms with van der Waals surface area (Å²) in [6.07, 6.45) is 1.48. The summed E-state index contributed by atoms with van der Waals surface area (Å²) in [6, 6.07) is 5.31. The van der Waals surface area contributed by atoms with Gasteiger partial charge in [-0.3, -0.25) is 4.72 Å². The lowest BCUT2D eigenvalue weighted by molar-refractivity contribution is 0.601. The molecule has 0 spiro atoms. The van der Waals surface area contributed by atoms with E-state index in [1.54, 1.807) is 13.1 Å². The molecule has 21 heavy (non-hydrogen) atoms. The molecule has 0 aliphatic heterocycles. The fourth-order valence-corrected chi connectivity index (χ4v) is 4.85. The molecule has 2 rings (SSSR count). The van der Waals surface area contributed by atoms with Crippen LogP contribution in [-0.4, -0.2) is 20.4 Å². The van der Waals surface area contributed by atoms with Crippen LogP contribution in [0.1, 0.15) is 11.3 Å². The van der Waals surface area contributed by atoms with E-state index in [9.17, 15) is 8.42 Å². The monoisotopic (exact) mass is 435 g/mol. The van der Waals surface area contributed by atoms with Crippen LogP contribution in [0.15, 0.2) is 38.2 Å². The van der Waals surface area contributed by atoms with Crippen molar-refractivity contribution in [3.8, 4) is 0 Å². The molecule has 1 heterocycles. The minimum absolute atomic E-state index is 0.201. The highest BCUT2D eigenvalue weighted by molar-refractivity contribution is 9.11. The van der Waals surface area contributed by atoms with Crippen LogP contribution in [0.3, 0.4) is 0 Å². The highest BCUT2D eigenvalue weighted by Gasteiger charge is 2.19. The van der Waals surface area contributed by atoms with Crippen LogP contribution < -0.4 is 10.0 Å². The molecule has 0 amide bonds. The topological polar surface area (TPSA) is 74.0 Å². The molecule has 0 atom stereocenters. The fraction of sp³-hybridized carbons (Fsp3) is 0.231. The van der Waals surface area contributed by atoms with Crippen molar-refractivity contribution in [1.29, 1.82) is 0 Å². The molecule has 2 aromatic rings. The molecule has 0 saturated carbocycles. The summed E-state index contributed by atoms with van der Waals surface area (Å²) in [5, 5.41) is 2.96. The van der Waals surface area contributed by atoms with Gasteiger partial charge in [0.1, 0.15) is 4.90 Å². The largest absolute Gasteiger partial charge is 0.363 e. The van der Waals surface area contributed by atoms with Gasteiger partial charge in [-0.05, 0) is 69.6 Å². The Balaban J connectivity index is 2.33. The second kappa shape index (κ2) is 6.51. The molecule has 0 radical (unpaired) electrons. The number of aromatic nitrogens is 1. The van der Waals surface area contributed by atoms with Crippen LogP contribution in [0.25, 0.3) is 0 Å². The molecule has 3 N–H and O–H groups in total. The lowest BCUT2D eigenvalue weighted by Crippen LogP contribution is -2.13. The Hall–Kier alpha value is -0.830. The molecule has 0 fully saturated rings. The molecule has 0 unspecified atom stereocenters. The fourth-order valence-electron chi connectivity index (χ4n) is 1.86. The smallest absolute Gasteiger partial charge is 0.263 e. The van der Waals surface area contributed by atoms with Gasteiger partial charge in [0, 0.05) is 27.4 Å². The summed E-state index contributed by atoms with van der Waals surface area (Å²) in [5.41, 5.74) is 2.31. The van der Waals surface area contributed by atoms with E-state index in [2.05, 4.69) is 46.9 Å². The predicted molar refractivity (Wildman–Crippen MR) is 90.9 cm³/mol. The Kier molecular flexibility index (Phi) is 5.13. The normalized spacial score (nSPS) is 11.6. The second-order valence-electron chi connectivity index (χ2n) is 4.60. The van der Waals surface area contributed by atoms with Crippen LogP contribution in [0, 0.1) is 6.92 Å². The first-order chi connectivity index (χ1) is 9.83. The van der Waals surface area contributed by atoms with E-state index in [0.717, 1.165) is 11.3 Å². The molecule has 0 saturated heterocycles. The Morgan fingerprint density at radius 1 is 1.19 bits per heavy atom. The molecular formula is C13H15Br2N3O2S. The van der Waals surface area contributed by atoms with Gasteiger partial charge in [-0.15, -0.1) is 0 Å². The Labute approximate surface area is 140 Å². The van der Waals surface area contributed by atoms with Gasteiger partial charge >= 0.3 is 0 Å². The van der Waals surface area contributed by atoms with Crippen molar-refractivity contribution in [3.05, 3.63) is 44.6 Å². The summed E-state index contributed by atoms with van der Waals surface area (Å²) in [5.74, 6) is 0. The maximum atomic E-state index is 12.4. The number of sulfonamides is 1. The average molecular weight is 437 g/mol.